The van der Waals surface area contributed by atoms with Crippen LogP contribution in [0.15, 0.2) is 0 Å². The Balaban J connectivity index is 3.16. The molecule has 0 bridgehead atoms. The fourth-order valence-electron chi connectivity index (χ4n) is 0.605. The molecule has 0 aliphatic rings. The lowest BCUT2D eigenvalue weighted by atomic mass is 10.2. The van der Waals surface area contributed by atoms with E-state index in [0.29, 0.717) is 5.38 Å². The summed E-state index contributed by atoms with van der Waals surface area (Å²) in [4.78, 5) is 0. The SMILES string of the molecule is CC([SiH3])C(Cl)CCCCl. The Morgan fingerprint density at radius 1 is 1.56 bits per heavy atom. The molecular formula is C6H14Cl2Si. The first-order valence-corrected chi connectivity index (χ1v) is 5.51. The molecule has 0 aromatic rings. The van der Waals surface area contributed by atoms with Crippen molar-refractivity contribution in [3.05, 3.63) is 0 Å². The third-order valence-corrected chi connectivity index (χ3v) is 3.55. The van der Waals surface area contributed by atoms with Crippen molar-refractivity contribution < 1.29 is 0 Å². The Hall–Kier alpha value is 0.797. The van der Waals surface area contributed by atoms with Gasteiger partial charge in [0.25, 0.3) is 0 Å². The molecular weight excluding hydrogens is 171 g/mol. The van der Waals surface area contributed by atoms with E-state index < -0.39 is 0 Å². The van der Waals surface area contributed by atoms with Crippen LogP contribution in [0.5, 0.6) is 0 Å². The lowest BCUT2D eigenvalue weighted by molar-refractivity contribution is 0.713. The standard InChI is InChI=1S/C6H14Cl2Si/c1-5(9)6(8)3-2-4-7/h5-6H,2-4H2,1,9H3. The van der Waals surface area contributed by atoms with Gasteiger partial charge in [0.05, 0.1) is 0 Å². The van der Waals surface area contributed by atoms with E-state index in [2.05, 4.69) is 6.92 Å². The van der Waals surface area contributed by atoms with Gasteiger partial charge in [-0.1, -0.05) is 6.92 Å². The van der Waals surface area contributed by atoms with Gasteiger partial charge >= 0.3 is 0 Å². The number of alkyl halides is 2. The molecule has 9 heavy (non-hydrogen) atoms. The van der Waals surface area contributed by atoms with Crippen LogP contribution < -0.4 is 0 Å². The van der Waals surface area contributed by atoms with E-state index in [1.54, 1.807) is 0 Å². The Labute approximate surface area is 70.3 Å². The zero-order valence-corrected chi connectivity index (χ0v) is 9.54. The maximum atomic E-state index is 5.97. The summed E-state index contributed by atoms with van der Waals surface area (Å²) in [5, 5.41) is 0.371. The van der Waals surface area contributed by atoms with Crippen molar-refractivity contribution in [3.63, 3.8) is 0 Å². The van der Waals surface area contributed by atoms with Crippen molar-refractivity contribution in [2.24, 2.45) is 0 Å². The molecule has 0 saturated carbocycles. The van der Waals surface area contributed by atoms with Crippen LogP contribution in [0.4, 0.5) is 0 Å². The molecule has 0 amide bonds. The van der Waals surface area contributed by atoms with Crippen LogP contribution in [-0.2, 0) is 0 Å². The highest BCUT2D eigenvalue weighted by Gasteiger charge is 2.07. The van der Waals surface area contributed by atoms with Gasteiger partial charge in [-0.3, -0.25) is 0 Å². The summed E-state index contributed by atoms with van der Waals surface area (Å²) in [6.07, 6.45) is 2.14. The summed E-state index contributed by atoms with van der Waals surface area (Å²) < 4.78 is 0. The van der Waals surface area contributed by atoms with E-state index in [4.69, 9.17) is 23.2 Å². The summed E-state index contributed by atoms with van der Waals surface area (Å²) in [5.41, 5.74) is 0.717. The lowest BCUT2D eigenvalue weighted by Crippen LogP contribution is -2.05. The van der Waals surface area contributed by atoms with Gasteiger partial charge in [0.15, 0.2) is 0 Å². The first-order valence-electron chi connectivity index (χ1n) is 3.38. The van der Waals surface area contributed by atoms with Crippen molar-refractivity contribution in [1.29, 1.82) is 0 Å². The molecule has 0 aliphatic carbocycles. The molecule has 0 radical (unpaired) electrons. The number of hydrogen-bond donors (Lipinski definition) is 0. The molecule has 0 aromatic carbocycles. The maximum absolute atomic E-state index is 5.97. The molecule has 0 fully saturated rings. The monoisotopic (exact) mass is 184 g/mol. The molecule has 0 rings (SSSR count). The van der Waals surface area contributed by atoms with Crippen LogP contribution in [0.2, 0.25) is 5.54 Å². The van der Waals surface area contributed by atoms with Crippen molar-refractivity contribution in [3.8, 4) is 0 Å². The summed E-state index contributed by atoms with van der Waals surface area (Å²) in [6, 6.07) is 0. The van der Waals surface area contributed by atoms with E-state index >= 15 is 0 Å². The fraction of sp³-hybridized carbons (Fsp3) is 1.00. The third-order valence-electron chi connectivity index (χ3n) is 1.34. The van der Waals surface area contributed by atoms with E-state index in [0.717, 1.165) is 24.3 Å². The van der Waals surface area contributed by atoms with Crippen molar-refractivity contribution in [2.45, 2.75) is 30.7 Å². The molecule has 2 unspecified atom stereocenters. The highest BCUT2D eigenvalue weighted by Crippen LogP contribution is 2.17. The fourth-order valence-corrected chi connectivity index (χ4v) is 1.25. The predicted octanol–water partition coefficient (Wildman–Crippen LogP) is 1.79. The average Bonchev–Trinajstić information content (AvgIpc) is 1.82. The molecule has 0 nitrogen and oxygen atoms in total. The van der Waals surface area contributed by atoms with Gasteiger partial charge in [-0.05, 0) is 18.4 Å². The summed E-state index contributed by atoms with van der Waals surface area (Å²) in [5.74, 6) is 0.748. The average molecular weight is 185 g/mol. The van der Waals surface area contributed by atoms with Crippen LogP contribution in [0.25, 0.3) is 0 Å². The van der Waals surface area contributed by atoms with E-state index in [1.165, 1.54) is 10.2 Å². The second-order valence-electron chi connectivity index (χ2n) is 2.59. The van der Waals surface area contributed by atoms with Gasteiger partial charge in [-0.25, -0.2) is 0 Å². The van der Waals surface area contributed by atoms with Crippen molar-refractivity contribution >= 4 is 33.4 Å². The second kappa shape index (κ2) is 5.57. The molecule has 0 N–H and O–H groups in total. The molecule has 0 aromatic heterocycles. The van der Waals surface area contributed by atoms with Crippen LogP contribution in [-0.4, -0.2) is 21.5 Å². The van der Waals surface area contributed by atoms with Crippen molar-refractivity contribution in [1.82, 2.24) is 0 Å². The largest absolute Gasteiger partial charge is 0.127 e. The van der Waals surface area contributed by atoms with E-state index in [-0.39, 0.29) is 0 Å². The van der Waals surface area contributed by atoms with E-state index in [9.17, 15) is 0 Å². The molecule has 0 aliphatic heterocycles. The van der Waals surface area contributed by atoms with Gasteiger partial charge in [-0.2, -0.15) is 0 Å². The number of halogens is 2. The minimum Gasteiger partial charge on any atom is -0.127 e. The Morgan fingerprint density at radius 3 is 2.44 bits per heavy atom. The minimum absolute atomic E-state index is 0.371. The summed E-state index contributed by atoms with van der Waals surface area (Å²) in [6.45, 7) is 2.19. The normalized spacial score (nSPS) is 17.7. The van der Waals surface area contributed by atoms with Gasteiger partial charge in [0.1, 0.15) is 0 Å². The van der Waals surface area contributed by atoms with Crippen LogP contribution in [0.3, 0.4) is 0 Å². The third kappa shape index (κ3) is 5.25. The maximum Gasteiger partial charge on any atom is 0.0330 e. The zero-order chi connectivity index (χ0) is 7.28. The second-order valence-corrected chi connectivity index (χ2v) is 5.35. The van der Waals surface area contributed by atoms with E-state index in [1.807, 2.05) is 0 Å². The molecule has 0 spiro atoms. The van der Waals surface area contributed by atoms with Gasteiger partial charge in [0.2, 0.25) is 0 Å². The van der Waals surface area contributed by atoms with Gasteiger partial charge in [-0.15, -0.1) is 23.2 Å². The highest BCUT2D eigenvalue weighted by atomic mass is 35.5. The molecule has 3 heteroatoms. The van der Waals surface area contributed by atoms with Crippen LogP contribution in [0.1, 0.15) is 19.8 Å². The van der Waals surface area contributed by atoms with Crippen LogP contribution in [0, 0.1) is 0 Å². The summed E-state index contributed by atoms with van der Waals surface area (Å²) in [7, 11) is 1.19. The first kappa shape index (κ1) is 9.80. The number of hydrogen-bond acceptors (Lipinski definition) is 0. The topological polar surface area (TPSA) is 0 Å². The zero-order valence-electron chi connectivity index (χ0n) is 6.03. The molecule has 0 saturated heterocycles. The van der Waals surface area contributed by atoms with Crippen molar-refractivity contribution in [2.75, 3.05) is 5.88 Å². The molecule has 56 valence electrons. The Morgan fingerprint density at radius 2 is 2.11 bits per heavy atom. The van der Waals surface area contributed by atoms with Gasteiger partial charge in [0, 0.05) is 21.5 Å². The molecule has 2 atom stereocenters. The number of rotatable bonds is 4. The van der Waals surface area contributed by atoms with Gasteiger partial charge < -0.3 is 0 Å². The Kier molecular flexibility index (Phi) is 6.07. The quantitative estimate of drug-likeness (QED) is 0.462. The molecule has 0 heterocycles. The first-order chi connectivity index (χ1) is 4.18. The predicted molar refractivity (Wildman–Crippen MR) is 49.0 cm³/mol. The minimum atomic E-state index is 0.371. The highest BCUT2D eigenvalue weighted by molar-refractivity contribution is 6.26. The lowest BCUT2D eigenvalue weighted by Gasteiger charge is -2.10. The summed E-state index contributed by atoms with van der Waals surface area (Å²) >= 11 is 11.5. The van der Waals surface area contributed by atoms with Crippen LogP contribution >= 0.6 is 23.2 Å². The Bertz CT molecular complexity index is 66.1. The smallest absolute Gasteiger partial charge is 0.0330 e.